The molecule has 0 saturated carbocycles. The van der Waals surface area contributed by atoms with Crippen LogP contribution in [0.5, 0.6) is 0 Å². The third-order valence-electron chi connectivity index (χ3n) is 5.59. The average molecular weight is 421 g/mol. The van der Waals surface area contributed by atoms with Gasteiger partial charge in [0.25, 0.3) is 0 Å². The third-order valence-corrected chi connectivity index (χ3v) is 5.59. The van der Waals surface area contributed by atoms with Crippen molar-refractivity contribution in [1.82, 2.24) is 19.9 Å². The Morgan fingerprint density at radius 1 is 0.733 bits per heavy atom. The maximum Gasteiger partial charge on any atom is 0.433 e. The Morgan fingerprint density at radius 3 is 1.77 bits per heavy atom. The monoisotopic (exact) mass is 421 g/mol. The van der Waals surface area contributed by atoms with Gasteiger partial charge in [0.1, 0.15) is 29.0 Å². The van der Waals surface area contributed by atoms with Gasteiger partial charge in [-0.2, -0.15) is 13.2 Å². The first-order chi connectivity index (χ1) is 14.3. The van der Waals surface area contributed by atoms with Gasteiger partial charge >= 0.3 is 6.18 Å². The van der Waals surface area contributed by atoms with E-state index in [9.17, 15) is 13.2 Å². The second-order valence-corrected chi connectivity index (χ2v) is 7.77. The van der Waals surface area contributed by atoms with Crippen molar-refractivity contribution in [3.63, 3.8) is 0 Å². The molecule has 2 aliphatic heterocycles. The van der Waals surface area contributed by atoms with Gasteiger partial charge in [0.2, 0.25) is 0 Å². The number of pyridine rings is 1. The van der Waals surface area contributed by atoms with Crippen molar-refractivity contribution in [2.75, 3.05) is 74.1 Å². The summed E-state index contributed by atoms with van der Waals surface area (Å²) in [7, 11) is 2.12. The van der Waals surface area contributed by atoms with Crippen molar-refractivity contribution >= 4 is 17.5 Å². The summed E-state index contributed by atoms with van der Waals surface area (Å²) in [5.41, 5.74) is -0.856. The molecule has 0 spiro atoms. The van der Waals surface area contributed by atoms with Crippen LogP contribution < -0.4 is 14.7 Å². The molecule has 0 aromatic carbocycles. The van der Waals surface area contributed by atoms with Crippen LogP contribution >= 0.6 is 0 Å². The molecular formula is C20H26F3N7. The van der Waals surface area contributed by atoms with Gasteiger partial charge in [-0.05, 0) is 26.1 Å². The van der Waals surface area contributed by atoms with Gasteiger partial charge in [-0.3, -0.25) is 0 Å². The average Bonchev–Trinajstić information content (AvgIpc) is 2.73. The maximum atomic E-state index is 13.0. The Bertz CT molecular complexity index is 873. The first kappa shape index (κ1) is 20.6. The van der Waals surface area contributed by atoms with Crippen molar-refractivity contribution in [3.05, 3.63) is 35.8 Å². The fraction of sp³-hybridized carbons (Fsp3) is 0.550. The normalized spacial score (nSPS) is 18.8. The Labute approximate surface area is 174 Å². The molecule has 2 fully saturated rings. The molecule has 0 unspecified atom stereocenters. The minimum atomic E-state index is -4.43. The van der Waals surface area contributed by atoms with E-state index in [-0.39, 0.29) is 0 Å². The van der Waals surface area contributed by atoms with Gasteiger partial charge in [0, 0.05) is 58.4 Å². The van der Waals surface area contributed by atoms with Crippen LogP contribution in [0.1, 0.15) is 11.5 Å². The molecule has 0 N–H and O–H groups in total. The van der Waals surface area contributed by atoms with Crippen molar-refractivity contribution in [2.24, 2.45) is 0 Å². The van der Waals surface area contributed by atoms with E-state index >= 15 is 0 Å². The smallest absolute Gasteiger partial charge is 0.354 e. The van der Waals surface area contributed by atoms with Gasteiger partial charge in [0.15, 0.2) is 0 Å². The number of rotatable bonds is 3. The highest BCUT2D eigenvalue weighted by Gasteiger charge is 2.33. The van der Waals surface area contributed by atoms with Crippen LogP contribution in [-0.4, -0.2) is 79.3 Å². The first-order valence-electron chi connectivity index (χ1n) is 10.1. The third kappa shape index (κ3) is 4.58. The predicted molar refractivity (Wildman–Crippen MR) is 110 cm³/mol. The zero-order chi connectivity index (χ0) is 21.3. The molecule has 162 valence electrons. The quantitative estimate of drug-likeness (QED) is 0.754. The Hall–Kier alpha value is -2.62. The van der Waals surface area contributed by atoms with E-state index in [1.807, 2.05) is 17.9 Å². The largest absolute Gasteiger partial charge is 0.433 e. The van der Waals surface area contributed by atoms with Gasteiger partial charge in [0.05, 0.1) is 0 Å². The summed E-state index contributed by atoms with van der Waals surface area (Å²) in [6.45, 7) is 8.26. The van der Waals surface area contributed by atoms with Crippen molar-refractivity contribution in [2.45, 2.75) is 13.1 Å². The number of aromatic nitrogens is 3. The molecule has 2 aliphatic rings. The highest BCUT2D eigenvalue weighted by molar-refractivity contribution is 5.53. The topological polar surface area (TPSA) is 51.6 Å². The van der Waals surface area contributed by atoms with Crippen LogP contribution in [0.25, 0.3) is 0 Å². The summed E-state index contributed by atoms with van der Waals surface area (Å²) < 4.78 is 38.9. The standard InChI is InChI=1S/C20H26F3N7/c1-15-24-18(29-8-6-27(2)7-9-29)14-19(25-15)30-12-10-28(11-13-30)17-5-3-4-16(26-17)20(21,22)23/h3-5,14H,6-13H2,1-2H3. The first-order valence-corrected chi connectivity index (χ1v) is 10.1. The Balaban J connectivity index is 1.44. The summed E-state index contributed by atoms with van der Waals surface area (Å²) >= 11 is 0. The minimum Gasteiger partial charge on any atom is -0.354 e. The number of hydrogen-bond acceptors (Lipinski definition) is 7. The summed E-state index contributed by atoms with van der Waals surface area (Å²) in [5.74, 6) is 2.89. The highest BCUT2D eigenvalue weighted by atomic mass is 19.4. The van der Waals surface area contributed by atoms with Crippen molar-refractivity contribution < 1.29 is 13.2 Å². The van der Waals surface area contributed by atoms with Crippen LogP contribution in [0.4, 0.5) is 30.6 Å². The number of aryl methyl sites for hydroxylation is 1. The second-order valence-electron chi connectivity index (χ2n) is 7.77. The molecule has 4 heterocycles. The van der Waals surface area contributed by atoms with Gasteiger partial charge < -0.3 is 19.6 Å². The molecule has 2 aromatic rings. The molecule has 30 heavy (non-hydrogen) atoms. The van der Waals surface area contributed by atoms with E-state index in [0.717, 1.165) is 49.7 Å². The summed E-state index contributed by atoms with van der Waals surface area (Å²) in [6.07, 6.45) is -4.43. The zero-order valence-electron chi connectivity index (χ0n) is 17.2. The van der Waals surface area contributed by atoms with E-state index < -0.39 is 11.9 Å². The van der Waals surface area contributed by atoms with E-state index in [1.165, 1.54) is 6.07 Å². The van der Waals surface area contributed by atoms with E-state index in [1.54, 1.807) is 6.07 Å². The number of alkyl halides is 3. The summed E-state index contributed by atoms with van der Waals surface area (Å²) in [6, 6.07) is 6.07. The predicted octanol–water partition coefficient (Wildman–Crippen LogP) is 2.28. The van der Waals surface area contributed by atoms with Gasteiger partial charge in [-0.1, -0.05) is 6.07 Å². The van der Waals surface area contributed by atoms with E-state index in [4.69, 9.17) is 0 Å². The van der Waals surface area contributed by atoms with Crippen LogP contribution in [0.2, 0.25) is 0 Å². The maximum absolute atomic E-state index is 13.0. The molecule has 10 heteroatoms. The number of anilines is 3. The molecule has 0 radical (unpaired) electrons. The molecule has 0 amide bonds. The van der Waals surface area contributed by atoms with Crippen LogP contribution in [0.15, 0.2) is 24.3 Å². The fourth-order valence-electron chi connectivity index (χ4n) is 3.82. The minimum absolute atomic E-state index is 0.362. The van der Waals surface area contributed by atoms with E-state index in [2.05, 4.69) is 36.7 Å². The molecule has 0 atom stereocenters. The van der Waals surface area contributed by atoms with Crippen molar-refractivity contribution in [3.8, 4) is 0 Å². The Morgan fingerprint density at radius 2 is 1.23 bits per heavy atom. The number of nitrogens with zero attached hydrogens (tertiary/aromatic N) is 7. The lowest BCUT2D eigenvalue weighted by Gasteiger charge is -2.37. The number of likely N-dealkylation sites (N-methyl/N-ethyl adjacent to an activating group) is 1. The molecule has 2 aromatic heterocycles. The lowest BCUT2D eigenvalue weighted by molar-refractivity contribution is -0.141. The second kappa shape index (κ2) is 8.25. The van der Waals surface area contributed by atoms with Crippen LogP contribution in [0.3, 0.4) is 0 Å². The Kier molecular flexibility index (Phi) is 5.68. The van der Waals surface area contributed by atoms with Gasteiger partial charge in [-0.25, -0.2) is 15.0 Å². The molecule has 0 aliphatic carbocycles. The zero-order valence-corrected chi connectivity index (χ0v) is 17.2. The number of hydrogen-bond donors (Lipinski definition) is 0. The SMILES string of the molecule is Cc1nc(N2CCN(C)CC2)cc(N2CCN(c3cccc(C(F)(F)F)n3)CC2)n1. The highest BCUT2D eigenvalue weighted by Crippen LogP contribution is 2.29. The van der Waals surface area contributed by atoms with Gasteiger partial charge in [-0.15, -0.1) is 0 Å². The molecule has 2 saturated heterocycles. The lowest BCUT2D eigenvalue weighted by atomic mass is 10.2. The molecule has 0 bridgehead atoms. The van der Waals surface area contributed by atoms with Crippen LogP contribution in [-0.2, 0) is 6.18 Å². The molecule has 7 nitrogen and oxygen atoms in total. The summed E-state index contributed by atoms with van der Waals surface area (Å²) in [4.78, 5) is 21.7. The number of piperazine rings is 2. The van der Waals surface area contributed by atoms with Crippen molar-refractivity contribution in [1.29, 1.82) is 0 Å². The van der Waals surface area contributed by atoms with E-state index in [0.29, 0.717) is 32.0 Å². The lowest BCUT2D eigenvalue weighted by Crippen LogP contribution is -2.47. The molecule has 4 rings (SSSR count). The number of halogens is 3. The van der Waals surface area contributed by atoms with Crippen LogP contribution in [0, 0.1) is 6.92 Å². The molecular weight excluding hydrogens is 395 g/mol. The fourth-order valence-corrected chi connectivity index (χ4v) is 3.82. The summed E-state index contributed by atoms with van der Waals surface area (Å²) in [5, 5.41) is 0.